The Balaban J connectivity index is 2.42. The van der Waals surface area contributed by atoms with Crippen molar-refractivity contribution >= 4 is 16.9 Å². The molecule has 0 fully saturated rings. The molecule has 0 atom stereocenters. The lowest BCUT2D eigenvalue weighted by atomic mass is 10.3. The standard InChI is InChI=1S/C9H12N4O/c1-6-4-7-8(10-2-3-14)11-5-12-9(7)13-6/h4-5,14H,2-3H2,1H3,(H2,10,11,12,13). The minimum Gasteiger partial charge on any atom is -0.395 e. The predicted molar refractivity (Wildman–Crippen MR) is 54.2 cm³/mol. The van der Waals surface area contributed by atoms with Gasteiger partial charge in [0.25, 0.3) is 0 Å². The van der Waals surface area contributed by atoms with Crippen LogP contribution in [-0.2, 0) is 0 Å². The second-order valence-electron chi connectivity index (χ2n) is 3.09. The van der Waals surface area contributed by atoms with Crippen LogP contribution in [0.25, 0.3) is 11.0 Å². The maximum atomic E-state index is 8.69. The Morgan fingerprint density at radius 1 is 1.50 bits per heavy atom. The first kappa shape index (κ1) is 8.96. The van der Waals surface area contributed by atoms with Gasteiger partial charge >= 0.3 is 0 Å². The van der Waals surface area contributed by atoms with E-state index in [9.17, 15) is 0 Å². The van der Waals surface area contributed by atoms with Crippen LogP contribution in [0.3, 0.4) is 0 Å². The lowest BCUT2D eigenvalue weighted by molar-refractivity contribution is 0.311. The van der Waals surface area contributed by atoms with E-state index < -0.39 is 0 Å². The van der Waals surface area contributed by atoms with E-state index in [4.69, 9.17) is 5.11 Å². The summed E-state index contributed by atoms with van der Waals surface area (Å²) in [5, 5.41) is 12.7. The molecule has 0 aliphatic rings. The Morgan fingerprint density at radius 2 is 2.36 bits per heavy atom. The van der Waals surface area contributed by atoms with Gasteiger partial charge in [0.1, 0.15) is 17.8 Å². The SMILES string of the molecule is Cc1cc2c(NCCO)ncnc2[nH]1. The van der Waals surface area contributed by atoms with Gasteiger partial charge in [-0.3, -0.25) is 0 Å². The average molecular weight is 192 g/mol. The highest BCUT2D eigenvalue weighted by atomic mass is 16.3. The van der Waals surface area contributed by atoms with Crippen LogP contribution in [0.4, 0.5) is 5.82 Å². The largest absolute Gasteiger partial charge is 0.395 e. The molecule has 2 aromatic heterocycles. The zero-order valence-electron chi connectivity index (χ0n) is 7.91. The molecule has 74 valence electrons. The Kier molecular flexibility index (Phi) is 2.32. The van der Waals surface area contributed by atoms with Crippen molar-refractivity contribution < 1.29 is 5.11 Å². The van der Waals surface area contributed by atoms with Crippen LogP contribution in [0.2, 0.25) is 0 Å². The molecule has 0 radical (unpaired) electrons. The quantitative estimate of drug-likeness (QED) is 0.668. The van der Waals surface area contributed by atoms with Crippen LogP contribution in [0, 0.1) is 6.92 Å². The minimum atomic E-state index is 0.0922. The number of aliphatic hydroxyl groups excluding tert-OH is 1. The number of aromatic amines is 1. The van der Waals surface area contributed by atoms with Crippen molar-refractivity contribution in [2.45, 2.75) is 6.92 Å². The summed E-state index contributed by atoms with van der Waals surface area (Å²) >= 11 is 0. The number of fused-ring (bicyclic) bond motifs is 1. The smallest absolute Gasteiger partial charge is 0.143 e. The predicted octanol–water partition coefficient (Wildman–Crippen LogP) is 0.671. The Morgan fingerprint density at radius 3 is 3.14 bits per heavy atom. The molecule has 5 heteroatoms. The number of hydrogen-bond donors (Lipinski definition) is 3. The molecular formula is C9H12N4O. The molecule has 0 aliphatic heterocycles. The summed E-state index contributed by atoms with van der Waals surface area (Å²) in [5.41, 5.74) is 1.87. The summed E-state index contributed by atoms with van der Waals surface area (Å²) in [4.78, 5) is 11.3. The van der Waals surface area contributed by atoms with E-state index >= 15 is 0 Å². The summed E-state index contributed by atoms with van der Waals surface area (Å²) in [7, 11) is 0. The van der Waals surface area contributed by atoms with Crippen LogP contribution in [-0.4, -0.2) is 33.2 Å². The first-order valence-electron chi connectivity index (χ1n) is 4.46. The zero-order valence-corrected chi connectivity index (χ0v) is 7.91. The van der Waals surface area contributed by atoms with Crippen molar-refractivity contribution in [2.75, 3.05) is 18.5 Å². The molecule has 0 aromatic carbocycles. The summed E-state index contributed by atoms with van der Waals surface area (Å²) in [6.45, 7) is 2.56. The molecule has 2 rings (SSSR count). The van der Waals surface area contributed by atoms with Gasteiger partial charge in [-0.15, -0.1) is 0 Å². The van der Waals surface area contributed by atoms with Crippen molar-refractivity contribution in [3.63, 3.8) is 0 Å². The van der Waals surface area contributed by atoms with Crippen molar-refractivity contribution in [2.24, 2.45) is 0 Å². The fraction of sp³-hybridized carbons (Fsp3) is 0.333. The zero-order chi connectivity index (χ0) is 9.97. The van der Waals surface area contributed by atoms with Crippen molar-refractivity contribution in [1.82, 2.24) is 15.0 Å². The highest BCUT2D eigenvalue weighted by Crippen LogP contribution is 2.19. The number of hydrogen-bond acceptors (Lipinski definition) is 4. The van der Waals surface area contributed by atoms with Gasteiger partial charge in [0.15, 0.2) is 0 Å². The number of nitrogens with zero attached hydrogens (tertiary/aromatic N) is 2. The van der Waals surface area contributed by atoms with Crippen molar-refractivity contribution in [3.05, 3.63) is 18.1 Å². The Labute approximate surface area is 81.2 Å². The summed E-state index contributed by atoms with van der Waals surface area (Å²) in [5.74, 6) is 0.758. The number of rotatable bonds is 3. The number of anilines is 1. The molecule has 0 bridgehead atoms. The molecule has 0 spiro atoms. The average Bonchev–Trinajstić information content (AvgIpc) is 2.55. The topological polar surface area (TPSA) is 73.8 Å². The third kappa shape index (κ3) is 1.54. The monoisotopic (exact) mass is 192 g/mol. The van der Waals surface area contributed by atoms with Crippen molar-refractivity contribution in [3.8, 4) is 0 Å². The van der Waals surface area contributed by atoms with E-state index in [0.29, 0.717) is 6.54 Å². The maximum Gasteiger partial charge on any atom is 0.143 e. The van der Waals surface area contributed by atoms with E-state index in [2.05, 4.69) is 20.3 Å². The minimum absolute atomic E-state index is 0.0922. The van der Waals surface area contributed by atoms with E-state index in [-0.39, 0.29) is 6.61 Å². The van der Waals surface area contributed by atoms with Gasteiger partial charge in [-0.1, -0.05) is 0 Å². The number of nitrogens with one attached hydrogen (secondary N) is 2. The number of aromatic nitrogens is 3. The van der Waals surface area contributed by atoms with Crippen LogP contribution >= 0.6 is 0 Å². The maximum absolute atomic E-state index is 8.69. The molecule has 0 saturated carbocycles. The normalized spacial score (nSPS) is 10.7. The molecule has 0 amide bonds. The van der Waals surface area contributed by atoms with Gasteiger partial charge in [0.2, 0.25) is 0 Å². The molecule has 2 heterocycles. The lowest BCUT2D eigenvalue weighted by Gasteiger charge is -2.02. The first-order valence-corrected chi connectivity index (χ1v) is 4.46. The van der Waals surface area contributed by atoms with Gasteiger partial charge in [-0.05, 0) is 13.0 Å². The van der Waals surface area contributed by atoms with Gasteiger partial charge in [-0.25, -0.2) is 9.97 Å². The molecule has 14 heavy (non-hydrogen) atoms. The summed E-state index contributed by atoms with van der Waals surface area (Å²) < 4.78 is 0. The van der Waals surface area contributed by atoms with E-state index in [1.807, 2.05) is 13.0 Å². The van der Waals surface area contributed by atoms with Gasteiger partial charge < -0.3 is 15.4 Å². The number of aryl methyl sites for hydroxylation is 1. The van der Waals surface area contributed by atoms with Gasteiger partial charge in [0, 0.05) is 12.2 Å². The Hall–Kier alpha value is -1.62. The van der Waals surface area contributed by atoms with Crippen LogP contribution in [0.5, 0.6) is 0 Å². The summed E-state index contributed by atoms with van der Waals surface area (Å²) in [6.07, 6.45) is 1.50. The third-order valence-corrected chi connectivity index (χ3v) is 1.96. The van der Waals surface area contributed by atoms with Crippen LogP contribution < -0.4 is 5.32 Å². The first-order chi connectivity index (χ1) is 6.81. The molecule has 2 aromatic rings. The molecule has 0 aliphatic carbocycles. The second kappa shape index (κ2) is 3.63. The molecule has 3 N–H and O–H groups in total. The molecule has 0 unspecified atom stereocenters. The highest BCUT2D eigenvalue weighted by molar-refractivity contribution is 5.87. The fourth-order valence-corrected chi connectivity index (χ4v) is 1.39. The van der Waals surface area contributed by atoms with E-state index in [1.165, 1.54) is 6.33 Å². The second-order valence-corrected chi connectivity index (χ2v) is 3.09. The molecule has 0 saturated heterocycles. The van der Waals surface area contributed by atoms with Crippen LogP contribution in [0.15, 0.2) is 12.4 Å². The van der Waals surface area contributed by atoms with Crippen LogP contribution in [0.1, 0.15) is 5.69 Å². The third-order valence-electron chi connectivity index (χ3n) is 1.96. The van der Waals surface area contributed by atoms with Crippen molar-refractivity contribution in [1.29, 1.82) is 0 Å². The number of aliphatic hydroxyl groups is 1. The molecular weight excluding hydrogens is 180 g/mol. The number of H-pyrrole nitrogens is 1. The lowest BCUT2D eigenvalue weighted by Crippen LogP contribution is -2.07. The molecule has 5 nitrogen and oxygen atoms in total. The summed E-state index contributed by atoms with van der Waals surface area (Å²) in [6, 6.07) is 1.98. The van der Waals surface area contributed by atoms with E-state index in [0.717, 1.165) is 22.5 Å². The van der Waals surface area contributed by atoms with Gasteiger partial charge in [-0.2, -0.15) is 0 Å². The van der Waals surface area contributed by atoms with E-state index in [1.54, 1.807) is 0 Å². The Bertz CT molecular complexity index is 437. The van der Waals surface area contributed by atoms with Gasteiger partial charge in [0.05, 0.1) is 12.0 Å². The highest BCUT2D eigenvalue weighted by Gasteiger charge is 2.04. The fourth-order valence-electron chi connectivity index (χ4n) is 1.39.